The topological polar surface area (TPSA) is 46.6 Å². The average Bonchev–Trinajstić information content (AvgIpc) is 2.94. The van der Waals surface area contributed by atoms with Crippen molar-refractivity contribution in [1.29, 1.82) is 0 Å². The van der Waals surface area contributed by atoms with E-state index in [1.165, 1.54) is 0 Å². The van der Waals surface area contributed by atoms with Crippen LogP contribution in [0.5, 0.6) is 0 Å². The minimum Gasteiger partial charge on any atom is -0.464 e. The number of halogens is 1. The molecule has 1 atom stereocenters. The van der Waals surface area contributed by atoms with Crippen molar-refractivity contribution in [2.75, 3.05) is 19.7 Å². The quantitative estimate of drug-likeness (QED) is 0.476. The number of carbonyl (C=O) groups is 2. The molecule has 108 valence electrons. The van der Waals surface area contributed by atoms with Crippen molar-refractivity contribution in [3.05, 3.63) is 34.9 Å². The highest BCUT2D eigenvalue weighted by Gasteiger charge is 2.35. The molecule has 20 heavy (non-hydrogen) atoms. The lowest BCUT2D eigenvalue weighted by Crippen LogP contribution is -2.46. The minimum absolute atomic E-state index is 0.220. The molecule has 0 N–H and O–H groups in total. The van der Waals surface area contributed by atoms with Gasteiger partial charge in [0, 0.05) is 10.6 Å². The maximum atomic E-state index is 12.6. The fourth-order valence-corrected chi connectivity index (χ4v) is 2.54. The Balaban J connectivity index is 2.22. The van der Waals surface area contributed by atoms with E-state index >= 15 is 0 Å². The fraction of sp³-hybridized carbons (Fsp3) is 0.467. The number of carbonyl (C=O) groups excluding carboxylic acids is 2. The number of esters is 1. The molecule has 1 aromatic carbocycles. The zero-order chi connectivity index (χ0) is 14.5. The van der Waals surface area contributed by atoms with Crippen molar-refractivity contribution in [2.24, 2.45) is 0 Å². The molecule has 0 aromatic heterocycles. The second kappa shape index (κ2) is 6.86. The zero-order valence-corrected chi connectivity index (χ0v) is 12.2. The molecular weight excluding hydrogens is 278 g/mol. The molecule has 4 nitrogen and oxygen atoms in total. The Morgan fingerprint density at radius 1 is 1.25 bits per heavy atom. The first-order valence-corrected chi connectivity index (χ1v) is 7.21. The summed E-state index contributed by atoms with van der Waals surface area (Å²) in [5, 5.41) is 0.565. The molecule has 0 amide bonds. The van der Waals surface area contributed by atoms with Crippen molar-refractivity contribution in [3.63, 3.8) is 0 Å². The summed E-state index contributed by atoms with van der Waals surface area (Å²) in [5.74, 6) is -0.684. The van der Waals surface area contributed by atoms with E-state index in [1.807, 2.05) is 4.90 Å². The Morgan fingerprint density at radius 2 is 1.85 bits per heavy atom. The molecule has 0 radical (unpaired) electrons. The summed E-state index contributed by atoms with van der Waals surface area (Å²) >= 11 is 5.82. The van der Waals surface area contributed by atoms with Crippen LogP contribution in [0.2, 0.25) is 5.02 Å². The van der Waals surface area contributed by atoms with E-state index in [9.17, 15) is 9.59 Å². The lowest BCUT2D eigenvalue weighted by molar-refractivity contribution is -0.147. The Morgan fingerprint density at radius 3 is 2.40 bits per heavy atom. The summed E-state index contributed by atoms with van der Waals surface area (Å²) in [4.78, 5) is 26.6. The van der Waals surface area contributed by atoms with Gasteiger partial charge in [0.05, 0.1) is 6.61 Å². The Kier molecular flexibility index (Phi) is 5.15. The third-order valence-electron chi connectivity index (χ3n) is 3.39. The molecule has 0 spiro atoms. The van der Waals surface area contributed by atoms with Gasteiger partial charge in [0.2, 0.25) is 0 Å². The maximum Gasteiger partial charge on any atom is 0.331 e. The number of benzene rings is 1. The van der Waals surface area contributed by atoms with Gasteiger partial charge in [0.25, 0.3) is 0 Å². The number of ether oxygens (including phenoxy) is 1. The molecule has 1 aliphatic rings. The SMILES string of the molecule is CCOC(=O)C(C(=O)c1ccc(Cl)cc1)N1CCCC1. The number of rotatable bonds is 5. The Hall–Kier alpha value is -1.39. The summed E-state index contributed by atoms with van der Waals surface area (Å²) in [5.41, 5.74) is 0.486. The Labute approximate surface area is 123 Å². The van der Waals surface area contributed by atoms with Crippen molar-refractivity contribution in [1.82, 2.24) is 4.90 Å². The molecule has 1 fully saturated rings. The van der Waals surface area contributed by atoms with Crippen molar-refractivity contribution in [3.8, 4) is 0 Å². The van der Waals surface area contributed by atoms with Gasteiger partial charge in [0.1, 0.15) is 0 Å². The number of likely N-dealkylation sites (tertiary alicyclic amines) is 1. The largest absolute Gasteiger partial charge is 0.464 e. The van der Waals surface area contributed by atoms with Gasteiger partial charge in [-0.3, -0.25) is 9.69 Å². The second-order valence-corrected chi connectivity index (χ2v) is 5.21. The monoisotopic (exact) mass is 295 g/mol. The van der Waals surface area contributed by atoms with Crippen LogP contribution >= 0.6 is 11.6 Å². The highest BCUT2D eigenvalue weighted by molar-refractivity contribution is 6.30. The first-order chi connectivity index (χ1) is 9.63. The predicted molar refractivity (Wildman–Crippen MR) is 77.0 cm³/mol. The fourth-order valence-electron chi connectivity index (χ4n) is 2.41. The van der Waals surface area contributed by atoms with Gasteiger partial charge in [-0.15, -0.1) is 0 Å². The normalized spacial score (nSPS) is 16.9. The summed E-state index contributed by atoms with van der Waals surface area (Å²) in [6.07, 6.45) is 2.01. The smallest absolute Gasteiger partial charge is 0.331 e. The summed E-state index contributed by atoms with van der Waals surface area (Å²) < 4.78 is 5.06. The van der Waals surface area contributed by atoms with Crippen LogP contribution in [-0.4, -0.2) is 42.4 Å². The highest BCUT2D eigenvalue weighted by Crippen LogP contribution is 2.18. The van der Waals surface area contributed by atoms with Crippen LogP contribution in [0.1, 0.15) is 30.1 Å². The van der Waals surface area contributed by atoms with Gasteiger partial charge >= 0.3 is 5.97 Å². The van der Waals surface area contributed by atoms with E-state index in [-0.39, 0.29) is 12.4 Å². The molecular formula is C15H18ClNO3. The second-order valence-electron chi connectivity index (χ2n) is 4.77. The van der Waals surface area contributed by atoms with Gasteiger partial charge in [0.15, 0.2) is 11.8 Å². The van der Waals surface area contributed by atoms with Gasteiger partial charge in [-0.1, -0.05) is 11.6 Å². The molecule has 0 aliphatic carbocycles. The van der Waals surface area contributed by atoms with E-state index < -0.39 is 12.0 Å². The first kappa shape index (κ1) is 15.0. The lowest BCUT2D eigenvalue weighted by Gasteiger charge is -2.24. The molecule has 1 saturated heterocycles. The molecule has 0 bridgehead atoms. The van der Waals surface area contributed by atoms with Gasteiger partial charge in [-0.05, 0) is 57.1 Å². The molecule has 1 heterocycles. The van der Waals surface area contributed by atoms with Crippen LogP contribution in [0.4, 0.5) is 0 Å². The average molecular weight is 296 g/mol. The summed E-state index contributed by atoms with van der Waals surface area (Å²) in [6, 6.07) is 5.76. The Bertz CT molecular complexity index is 480. The van der Waals surface area contributed by atoms with Crippen LogP contribution in [0, 0.1) is 0 Å². The van der Waals surface area contributed by atoms with E-state index in [1.54, 1.807) is 31.2 Å². The van der Waals surface area contributed by atoms with Crippen LogP contribution < -0.4 is 0 Å². The zero-order valence-electron chi connectivity index (χ0n) is 11.5. The van der Waals surface area contributed by atoms with Gasteiger partial charge in [-0.2, -0.15) is 0 Å². The summed E-state index contributed by atoms with van der Waals surface area (Å²) in [6.45, 7) is 3.52. The van der Waals surface area contributed by atoms with Crippen LogP contribution in [-0.2, 0) is 9.53 Å². The molecule has 1 aromatic rings. The van der Waals surface area contributed by atoms with Crippen molar-refractivity contribution < 1.29 is 14.3 Å². The molecule has 5 heteroatoms. The van der Waals surface area contributed by atoms with Gasteiger partial charge in [-0.25, -0.2) is 4.79 Å². The number of nitrogens with zero attached hydrogens (tertiary/aromatic N) is 1. The van der Waals surface area contributed by atoms with E-state index in [0.29, 0.717) is 10.6 Å². The number of Topliss-reactive ketones (excluding diaryl/α,β-unsaturated/α-hetero) is 1. The first-order valence-electron chi connectivity index (χ1n) is 6.84. The van der Waals surface area contributed by atoms with Crippen LogP contribution in [0.15, 0.2) is 24.3 Å². The number of hydrogen-bond acceptors (Lipinski definition) is 4. The molecule has 0 saturated carbocycles. The van der Waals surface area contributed by atoms with E-state index in [4.69, 9.17) is 16.3 Å². The standard InChI is InChI=1S/C15H18ClNO3/c1-2-20-15(19)13(17-9-3-4-10-17)14(18)11-5-7-12(16)8-6-11/h5-8,13H,2-4,9-10H2,1H3. The number of ketones is 1. The number of hydrogen-bond donors (Lipinski definition) is 0. The minimum atomic E-state index is -0.835. The van der Waals surface area contributed by atoms with Crippen LogP contribution in [0.25, 0.3) is 0 Å². The maximum absolute atomic E-state index is 12.6. The molecule has 2 rings (SSSR count). The van der Waals surface area contributed by atoms with Crippen molar-refractivity contribution >= 4 is 23.4 Å². The summed E-state index contributed by atoms with van der Waals surface area (Å²) in [7, 11) is 0. The van der Waals surface area contributed by atoms with Gasteiger partial charge < -0.3 is 4.74 Å². The third kappa shape index (κ3) is 3.38. The predicted octanol–water partition coefficient (Wildman–Crippen LogP) is 2.55. The van der Waals surface area contributed by atoms with E-state index in [2.05, 4.69) is 0 Å². The molecule has 1 unspecified atom stereocenters. The lowest BCUT2D eigenvalue weighted by atomic mass is 10.0. The van der Waals surface area contributed by atoms with Crippen LogP contribution in [0.3, 0.4) is 0 Å². The third-order valence-corrected chi connectivity index (χ3v) is 3.64. The molecule has 1 aliphatic heterocycles. The van der Waals surface area contributed by atoms with Crippen molar-refractivity contribution in [2.45, 2.75) is 25.8 Å². The highest BCUT2D eigenvalue weighted by atomic mass is 35.5. The van der Waals surface area contributed by atoms with E-state index in [0.717, 1.165) is 25.9 Å².